The molecule has 1 saturated carbocycles. The number of nitrogens with zero attached hydrogens (tertiary/aromatic N) is 2. The van der Waals surface area contributed by atoms with Gasteiger partial charge in [0.1, 0.15) is 0 Å². The third kappa shape index (κ3) is 4.42. The molecular weight excluding hydrogens is 454 g/mol. The molecule has 2 aliphatic rings. The number of amides is 3. The Labute approximate surface area is 200 Å². The Balaban J connectivity index is 1.25. The van der Waals surface area contributed by atoms with Crippen LogP contribution in [-0.4, -0.2) is 28.5 Å². The van der Waals surface area contributed by atoms with Crippen LogP contribution in [0.3, 0.4) is 0 Å². The maximum absolute atomic E-state index is 12.9. The van der Waals surface area contributed by atoms with Crippen molar-refractivity contribution < 1.29 is 14.4 Å². The number of benzene rings is 2. The molecule has 0 bridgehead atoms. The van der Waals surface area contributed by atoms with E-state index in [-0.39, 0.29) is 41.4 Å². The van der Waals surface area contributed by atoms with Crippen LogP contribution in [0.5, 0.6) is 0 Å². The van der Waals surface area contributed by atoms with Crippen LogP contribution in [0.25, 0.3) is 10.2 Å². The molecule has 1 aliphatic heterocycles. The van der Waals surface area contributed by atoms with Crippen molar-refractivity contribution >= 4 is 56.7 Å². The smallest absolute Gasteiger partial charge is 0.237 e. The Morgan fingerprint density at radius 1 is 1.12 bits per heavy atom. The van der Waals surface area contributed by atoms with Crippen molar-refractivity contribution in [2.24, 2.45) is 11.8 Å². The highest BCUT2D eigenvalue weighted by Crippen LogP contribution is 2.41. The summed E-state index contributed by atoms with van der Waals surface area (Å²) < 4.78 is 1.70. The third-order valence-corrected chi connectivity index (χ3v) is 8.62. The van der Waals surface area contributed by atoms with Gasteiger partial charge in [-0.1, -0.05) is 54.9 Å². The van der Waals surface area contributed by atoms with Gasteiger partial charge in [0.25, 0.3) is 0 Å². The molecule has 0 radical (unpaired) electrons. The lowest BCUT2D eigenvalue weighted by Crippen LogP contribution is -2.30. The van der Waals surface area contributed by atoms with E-state index in [2.05, 4.69) is 10.3 Å². The molecular formula is C25H25N3O3S2. The molecule has 1 aliphatic carbocycles. The lowest BCUT2D eigenvalue weighted by Gasteiger charge is -2.19. The van der Waals surface area contributed by atoms with Crippen LogP contribution in [0, 0.1) is 11.8 Å². The molecule has 0 spiro atoms. The number of imide groups is 1. The first kappa shape index (κ1) is 22.1. The van der Waals surface area contributed by atoms with Gasteiger partial charge in [-0.25, -0.2) is 4.98 Å². The minimum atomic E-state index is -0.161. The maximum atomic E-state index is 12.9. The molecule has 3 atom stereocenters. The number of nitrogens with one attached hydrogen (secondary N) is 1. The summed E-state index contributed by atoms with van der Waals surface area (Å²) in [6.45, 7) is 1.97. The van der Waals surface area contributed by atoms with Gasteiger partial charge in [0.2, 0.25) is 17.7 Å². The van der Waals surface area contributed by atoms with E-state index >= 15 is 0 Å². The molecule has 3 amide bonds. The molecule has 3 aromatic rings. The molecule has 1 aromatic heterocycles. The largest absolute Gasteiger partial charge is 0.349 e. The van der Waals surface area contributed by atoms with Crippen LogP contribution in [-0.2, 0) is 14.4 Å². The summed E-state index contributed by atoms with van der Waals surface area (Å²) in [4.78, 5) is 44.2. The first-order valence-corrected chi connectivity index (χ1v) is 13.1. The van der Waals surface area contributed by atoms with Gasteiger partial charge in [0, 0.05) is 0 Å². The van der Waals surface area contributed by atoms with Crippen LogP contribution in [0.1, 0.15) is 44.2 Å². The van der Waals surface area contributed by atoms with Gasteiger partial charge < -0.3 is 5.32 Å². The molecule has 0 unspecified atom stereocenters. The van der Waals surface area contributed by atoms with E-state index < -0.39 is 0 Å². The van der Waals surface area contributed by atoms with Crippen LogP contribution < -0.4 is 10.2 Å². The Hall–Kier alpha value is -2.71. The van der Waals surface area contributed by atoms with Crippen molar-refractivity contribution in [3.63, 3.8) is 0 Å². The zero-order valence-corrected chi connectivity index (χ0v) is 20.0. The lowest BCUT2D eigenvalue weighted by atomic mass is 9.81. The molecule has 2 aromatic carbocycles. The molecule has 8 heteroatoms. The molecule has 1 N–H and O–H groups in total. The number of aromatic nitrogens is 1. The van der Waals surface area contributed by atoms with Gasteiger partial charge in [0.05, 0.1) is 39.5 Å². The summed E-state index contributed by atoms with van der Waals surface area (Å²) in [7, 11) is 0. The summed E-state index contributed by atoms with van der Waals surface area (Å²) >= 11 is 2.87. The number of thiazole rings is 1. The van der Waals surface area contributed by atoms with E-state index in [1.807, 2.05) is 49.4 Å². The highest BCUT2D eigenvalue weighted by atomic mass is 32.2. The lowest BCUT2D eigenvalue weighted by molar-refractivity contribution is -0.122. The van der Waals surface area contributed by atoms with Crippen molar-refractivity contribution in [2.45, 2.75) is 43.0 Å². The van der Waals surface area contributed by atoms with Gasteiger partial charge in [-0.15, -0.1) is 11.3 Å². The molecule has 33 heavy (non-hydrogen) atoms. The monoisotopic (exact) mass is 479 g/mol. The van der Waals surface area contributed by atoms with Crippen LogP contribution in [0.2, 0.25) is 0 Å². The standard InChI is InChI=1S/C25H25N3O3S2/c1-15(16-7-3-2-4-8-16)26-22(29)14-32-25-27-20-12-11-17(13-21(20)33-25)28-23(30)18-9-5-6-10-19(18)24(28)31/h2-4,7-8,11-13,15,18-19H,5-6,9-10,14H2,1H3,(H,26,29)/t15-,18-,19+/m1/s1. The predicted molar refractivity (Wildman–Crippen MR) is 131 cm³/mol. The van der Waals surface area contributed by atoms with Gasteiger partial charge in [-0.3, -0.25) is 19.3 Å². The van der Waals surface area contributed by atoms with Gasteiger partial charge in [-0.2, -0.15) is 0 Å². The van der Waals surface area contributed by atoms with Crippen LogP contribution in [0.15, 0.2) is 52.9 Å². The number of hydrogen-bond acceptors (Lipinski definition) is 6. The zero-order chi connectivity index (χ0) is 22.9. The molecule has 6 nitrogen and oxygen atoms in total. The number of hydrogen-bond donors (Lipinski definition) is 1. The Morgan fingerprint density at radius 3 is 2.52 bits per heavy atom. The van der Waals surface area contributed by atoms with Gasteiger partial charge in [-0.05, 0) is 43.5 Å². The van der Waals surface area contributed by atoms with E-state index in [0.717, 1.165) is 45.8 Å². The number of carbonyl (C=O) groups is 3. The highest BCUT2D eigenvalue weighted by molar-refractivity contribution is 8.01. The van der Waals surface area contributed by atoms with Crippen molar-refractivity contribution in [1.29, 1.82) is 0 Å². The van der Waals surface area contributed by atoms with Gasteiger partial charge >= 0.3 is 0 Å². The predicted octanol–water partition coefficient (Wildman–Crippen LogP) is 4.95. The quantitative estimate of drug-likeness (QED) is 0.400. The van der Waals surface area contributed by atoms with Crippen molar-refractivity contribution in [3.8, 4) is 0 Å². The van der Waals surface area contributed by atoms with Gasteiger partial charge in [0.15, 0.2) is 4.34 Å². The molecule has 2 heterocycles. The number of thioether (sulfide) groups is 1. The summed E-state index contributed by atoms with van der Waals surface area (Å²) in [5.41, 5.74) is 2.50. The molecule has 2 fully saturated rings. The molecule has 5 rings (SSSR count). The molecule has 170 valence electrons. The van der Waals surface area contributed by atoms with E-state index in [0.29, 0.717) is 5.69 Å². The fourth-order valence-electron chi connectivity index (χ4n) is 4.75. The first-order valence-electron chi connectivity index (χ1n) is 11.3. The van der Waals surface area contributed by atoms with Crippen molar-refractivity contribution in [1.82, 2.24) is 10.3 Å². The number of rotatable bonds is 6. The minimum absolute atomic E-state index is 0.0489. The third-order valence-electron chi connectivity index (χ3n) is 6.46. The second kappa shape index (κ2) is 9.27. The summed E-state index contributed by atoms with van der Waals surface area (Å²) in [6, 6.07) is 15.3. The first-order chi connectivity index (χ1) is 16.0. The SMILES string of the molecule is C[C@@H](NC(=O)CSc1nc2ccc(N3C(=O)[C@H]4CCCC[C@H]4C3=O)cc2s1)c1ccccc1. The Morgan fingerprint density at radius 2 is 1.82 bits per heavy atom. The van der Waals surface area contributed by atoms with Crippen LogP contribution >= 0.6 is 23.1 Å². The van der Waals surface area contributed by atoms with E-state index in [4.69, 9.17) is 0 Å². The topological polar surface area (TPSA) is 79.4 Å². The maximum Gasteiger partial charge on any atom is 0.237 e. The van der Waals surface area contributed by atoms with Crippen LogP contribution in [0.4, 0.5) is 5.69 Å². The number of anilines is 1. The fourth-order valence-corrected chi connectivity index (χ4v) is 6.66. The summed E-state index contributed by atoms with van der Waals surface area (Å²) in [5, 5.41) is 3.02. The van der Waals surface area contributed by atoms with E-state index in [1.165, 1.54) is 28.0 Å². The highest BCUT2D eigenvalue weighted by Gasteiger charge is 2.48. The second-order valence-electron chi connectivity index (χ2n) is 8.63. The number of carbonyl (C=O) groups excluding carboxylic acids is 3. The van der Waals surface area contributed by atoms with E-state index in [1.54, 1.807) is 6.07 Å². The molecule has 1 saturated heterocycles. The fraction of sp³-hybridized carbons (Fsp3) is 0.360. The minimum Gasteiger partial charge on any atom is -0.349 e. The normalized spacial score (nSPS) is 21.3. The van der Waals surface area contributed by atoms with E-state index in [9.17, 15) is 14.4 Å². The average Bonchev–Trinajstić information content (AvgIpc) is 3.36. The van der Waals surface area contributed by atoms with Crippen molar-refractivity contribution in [3.05, 3.63) is 54.1 Å². The zero-order valence-electron chi connectivity index (χ0n) is 18.3. The van der Waals surface area contributed by atoms with Crippen molar-refractivity contribution in [2.75, 3.05) is 10.7 Å². The Bertz CT molecular complexity index is 1190. The average molecular weight is 480 g/mol. The summed E-state index contributed by atoms with van der Waals surface area (Å²) in [6.07, 6.45) is 3.64. The summed E-state index contributed by atoms with van der Waals surface area (Å²) in [5.74, 6) is -0.222. The Kier molecular flexibility index (Phi) is 6.21. The number of fused-ring (bicyclic) bond motifs is 2. The second-order valence-corrected chi connectivity index (χ2v) is 10.9.